The Morgan fingerprint density at radius 3 is 2.19 bits per heavy atom. The predicted octanol–water partition coefficient (Wildman–Crippen LogP) is 3.80. The Labute approximate surface area is 126 Å². The average molecular weight is 302 g/mol. The summed E-state index contributed by atoms with van der Waals surface area (Å²) in [5.41, 5.74) is 1.25. The number of carboxylic acids is 2. The Morgan fingerprint density at radius 2 is 1.57 bits per heavy atom. The minimum absolute atomic E-state index is 0.171. The Hall–Kier alpha value is -2.27. The molecule has 0 heterocycles. The van der Waals surface area contributed by atoms with E-state index in [4.69, 9.17) is 0 Å². The second-order valence-corrected chi connectivity index (χ2v) is 5.41. The van der Waals surface area contributed by atoms with E-state index < -0.39 is 11.9 Å². The highest BCUT2D eigenvalue weighted by Gasteiger charge is 2.17. The highest BCUT2D eigenvalue weighted by atomic mass is 32.2. The number of benzene rings is 2. The molecule has 108 valence electrons. The third-order valence-corrected chi connectivity index (χ3v) is 4.30. The number of aryl methyl sites for hydroxylation is 1. The first kappa shape index (κ1) is 15.1. The van der Waals surface area contributed by atoms with Gasteiger partial charge < -0.3 is 10.2 Å². The number of carboxylic acid groups (broad SMARTS) is 2. The second-order valence-electron chi connectivity index (χ2n) is 4.36. The van der Waals surface area contributed by atoms with Gasteiger partial charge in [-0.25, -0.2) is 9.59 Å². The van der Waals surface area contributed by atoms with E-state index in [9.17, 15) is 19.8 Å². The molecular formula is C16H14O4S. The van der Waals surface area contributed by atoms with E-state index in [1.165, 1.54) is 23.9 Å². The number of hydrogen-bond donors (Lipinski definition) is 2. The fourth-order valence-electron chi connectivity index (χ4n) is 1.99. The lowest BCUT2D eigenvalue weighted by Crippen LogP contribution is -2.03. The van der Waals surface area contributed by atoms with Gasteiger partial charge in [0.05, 0.1) is 11.1 Å². The Morgan fingerprint density at radius 1 is 0.952 bits per heavy atom. The van der Waals surface area contributed by atoms with E-state index >= 15 is 0 Å². The molecule has 0 bridgehead atoms. The van der Waals surface area contributed by atoms with Gasteiger partial charge in [0.15, 0.2) is 0 Å². The first-order chi connectivity index (χ1) is 10.0. The van der Waals surface area contributed by atoms with Gasteiger partial charge >= 0.3 is 11.9 Å². The summed E-state index contributed by atoms with van der Waals surface area (Å²) in [6.45, 7) is 1.94. The van der Waals surface area contributed by atoms with Gasteiger partial charge in [0.2, 0.25) is 0 Å². The smallest absolute Gasteiger partial charge is 0.336 e. The molecule has 0 radical (unpaired) electrons. The molecule has 0 unspecified atom stereocenters. The maximum absolute atomic E-state index is 11.4. The van der Waals surface area contributed by atoms with Crippen LogP contribution in [0.1, 0.15) is 33.2 Å². The lowest BCUT2D eigenvalue weighted by atomic mass is 10.1. The zero-order valence-corrected chi connectivity index (χ0v) is 12.2. The molecule has 0 aliphatic rings. The Balaban J connectivity index is 2.54. The summed E-state index contributed by atoms with van der Waals surface area (Å²) in [6.07, 6.45) is 0.679. The van der Waals surface area contributed by atoms with E-state index in [2.05, 4.69) is 0 Å². The summed E-state index contributed by atoms with van der Waals surface area (Å²) in [5.74, 6) is -2.04. The molecule has 0 saturated carbocycles. The van der Waals surface area contributed by atoms with Crippen LogP contribution in [0.15, 0.2) is 52.3 Å². The van der Waals surface area contributed by atoms with Crippen LogP contribution in [0.5, 0.6) is 0 Å². The summed E-state index contributed by atoms with van der Waals surface area (Å²) in [4.78, 5) is 23.8. The largest absolute Gasteiger partial charge is 0.478 e. The number of aromatic carboxylic acids is 2. The molecule has 0 fully saturated rings. The highest BCUT2D eigenvalue weighted by Crippen LogP contribution is 2.35. The normalized spacial score (nSPS) is 10.3. The van der Waals surface area contributed by atoms with Crippen LogP contribution in [0.25, 0.3) is 0 Å². The van der Waals surface area contributed by atoms with Gasteiger partial charge in [-0.1, -0.05) is 43.0 Å². The zero-order chi connectivity index (χ0) is 15.4. The van der Waals surface area contributed by atoms with Crippen molar-refractivity contribution in [2.45, 2.75) is 23.1 Å². The van der Waals surface area contributed by atoms with Crippen molar-refractivity contribution in [2.75, 3.05) is 0 Å². The van der Waals surface area contributed by atoms with Gasteiger partial charge in [0.25, 0.3) is 0 Å². The van der Waals surface area contributed by atoms with Gasteiger partial charge in [-0.2, -0.15) is 0 Å². The second kappa shape index (κ2) is 6.45. The first-order valence-corrected chi connectivity index (χ1v) is 7.21. The SMILES string of the molecule is CCc1cccc(C(=O)O)c1Sc1ccccc1C(=O)O. The van der Waals surface area contributed by atoms with Crippen molar-refractivity contribution in [3.8, 4) is 0 Å². The molecule has 2 rings (SSSR count). The molecule has 0 atom stereocenters. The van der Waals surface area contributed by atoms with Crippen LogP contribution < -0.4 is 0 Å². The topological polar surface area (TPSA) is 74.6 Å². The van der Waals surface area contributed by atoms with Gasteiger partial charge in [-0.15, -0.1) is 0 Å². The monoisotopic (exact) mass is 302 g/mol. The molecule has 2 aromatic carbocycles. The summed E-state index contributed by atoms with van der Waals surface area (Å²) < 4.78 is 0. The minimum Gasteiger partial charge on any atom is -0.478 e. The van der Waals surface area contributed by atoms with Crippen LogP contribution in [-0.4, -0.2) is 22.2 Å². The molecule has 0 amide bonds. The molecule has 21 heavy (non-hydrogen) atoms. The summed E-state index contributed by atoms with van der Waals surface area (Å²) in [5, 5.41) is 18.5. The third kappa shape index (κ3) is 3.25. The maximum Gasteiger partial charge on any atom is 0.336 e. The van der Waals surface area contributed by atoms with E-state index in [1.54, 1.807) is 24.3 Å². The molecule has 4 nitrogen and oxygen atoms in total. The van der Waals surface area contributed by atoms with Crippen LogP contribution in [0.3, 0.4) is 0 Å². The first-order valence-electron chi connectivity index (χ1n) is 6.40. The summed E-state index contributed by atoms with van der Waals surface area (Å²) >= 11 is 1.19. The molecule has 0 aliphatic carbocycles. The highest BCUT2D eigenvalue weighted by molar-refractivity contribution is 7.99. The molecule has 5 heteroatoms. The predicted molar refractivity (Wildman–Crippen MR) is 80.3 cm³/mol. The number of hydrogen-bond acceptors (Lipinski definition) is 3. The van der Waals surface area contributed by atoms with Crippen molar-refractivity contribution in [3.63, 3.8) is 0 Å². The van der Waals surface area contributed by atoms with Gasteiger partial charge in [-0.05, 0) is 30.2 Å². The van der Waals surface area contributed by atoms with Gasteiger partial charge in [-0.3, -0.25) is 0 Å². The molecule has 0 aliphatic heterocycles. The molecule has 0 spiro atoms. The maximum atomic E-state index is 11.4. The molecular weight excluding hydrogens is 288 g/mol. The van der Waals surface area contributed by atoms with Crippen LogP contribution in [-0.2, 0) is 6.42 Å². The van der Waals surface area contributed by atoms with Gasteiger partial charge in [0, 0.05) is 9.79 Å². The number of rotatable bonds is 5. The van der Waals surface area contributed by atoms with Crippen molar-refractivity contribution < 1.29 is 19.8 Å². The Kier molecular flexibility index (Phi) is 4.65. The van der Waals surface area contributed by atoms with Crippen molar-refractivity contribution >= 4 is 23.7 Å². The summed E-state index contributed by atoms with van der Waals surface area (Å²) in [6, 6.07) is 11.7. The lowest BCUT2D eigenvalue weighted by Gasteiger charge is -2.12. The lowest BCUT2D eigenvalue weighted by molar-refractivity contribution is 0.0683. The third-order valence-electron chi connectivity index (χ3n) is 3.04. The summed E-state index contributed by atoms with van der Waals surface area (Å²) in [7, 11) is 0. The van der Waals surface area contributed by atoms with Crippen LogP contribution in [0, 0.1) is 0 Å². The van der Waals surface area contributed by atoms with E-state index in [0.29, 0.717) is 16.2 Å². The average Bonchev–Trinajstić information content (AvgIpc) is 2.47. The molecule has 0 aromatic heterocycles. The van der Waals surface area contributed by atoms with Crippen molar-refractivity contribution in [1.29, 1.82) is 0 Å². The van der Waals surface area contributed by atoms with Crippen LogP contribution >= 0.6 is 11.8 Å². The van der Waals surface area contributed by atoms with Crippen LogP contribution in [0.4, 0.5) is 0 Å². The van der Waals surface area contributed by atoms with E-state index in [0.717, 1.165) is 5.56 Å². The Bertz CT molecular complexity index is 694. The van der Waals surface area contributed by atoms with E-state index in [-0.39, 0.29) is 11.1 Å². The standard InChI is InChI=1S/C16H14O4S/c1-2-10-6-5-8-12(16(19)20)14(10)21-13-9-4-3-7-11(13)15(17)18/h3-9H,2H2,1H3,(H,17,18)(H,19,20). The zero-order valence-electron chi connectivity index (χ0n) is 11.4. The van der Waals surface area contributed by atoms with Gasteiger partial charge in [0.1, 0.15) is 0 Å². The van der Waals surface area contributed by atoms with Crippen LogP contribution in [0.2, 0.25) is 0 Å². The number of carbonyl (C=O) groups is 2. The van der Waals surface area contributed by atoms with Crippen molar-refractivity contribution in [2.24, 2.45) is 0 Å². The fraction of sp³-hybridized carbons (Fsp3) is 0.125. The quantitative estimate of drug-likeness (QED) is 0.878. The molecule has 2 aromatic rings. The van der Waals surface area contributed by atoms with E-state index in [1.807, 2.05) is 13.0 Å². The van der Waals surface area contributed by atoms with Crippen molar-refractivity contribution in [1.82, 2.24) is 0 Å². The molecule has 2 N–H and O–H groups in total. The minimum atomic E-state index is -1.02. The van der Waals surface area contributed by atoms with Crippen molar-refractivity contribution in [3.05, 3.63) is 59.2 Å². The fourth-order valence-corrected chi connectivity index (χ4v) is 3.24. The molecule has 0 saturated heterocycles.